The van der Waals surface area contributed by atoms with Crippen molar-refractivity contribution in [3.63, 3.8) is 0 Å². The number of benzene rings is 2. The van der Waals surface area contributed by atoms with E-state index in [9.17, 15) is 19.5 Å². The quantitative estimate of drug-likeness (QED) is 0.158. The summed E-state index contributed by atoms with van der Waals surface area (Å²) < 4.78 is 18.9. The molecule has 0 spiro atoms. The standard InChI is InChI=1S/C28H29N5O7S/c1-17-5-4-6-19(11-17)13-39-24(36)23-20(15-41-27-31-29-16-32(27)2)14-40-26-28(38-3,25(37)33(23)26)30-22(35)12-18-7-9-21(34)10-8-18/h4-11,16,26,34H,12-15H2,1-3H3,(H,30,35)/t26-,28+/m1/s1. The number of phenolic OH excluding ortho intramolecular Hbond substituents is 1. The molecule has 2 aromatic carbocycles. The van der Waals surface area contributed by atoms with Crippen molar-refractivity contribution in [2.45, 2.75) is 37.1 Å². The van der Waals surface area contributed by atoms with Crippen LogP contribution in [-0.2, 0) is 48.7 Å². The minimum absolute atomic E-state index is 0.00683. The maximum atomic E-state index is 13.6. The zero-order chi connectivity index (χ0) is 29.1. The highest BCUT2D eigenvalue weighted by molar-refractivity contribution is 7.99. The third kappa shape index (κ3) is 5.69. The number of nitrogens with zero attached hydrogens (tertiary/aromatic N) is 4. The third-order valence-corrected chi connectivity index (χ3v) is 7.87. The summed E-state index contributed by atoms with van der Waals surface area (Å²) in [6.07, 6.45) is 0.411. The number of rotatable bonds is 10. The van der Waals surface area contributed by atoms with Crippen LogP contribution in [0.5, 0.6) is 5.75 Å². The van der Waals surface area contributed by atoms with E-state index >= 15 is 0 Å². The van der Waals surface area contributed by atoms with Gasteiger partial charge in [0.25, 0.3) is 11.6 Å². The van der Waals surface area contributed by atoms with Crippen molar-refractivity contribution >= 4 is 29.5 Å². The molecule has 0 unspecified atom stereocenters. The Kier molecular flexibility index (Phi) is 8.10. The summed E-state index contributed by atoms with van der Waals surface area (Å²) in [5, 5.41) is 20.7. The molecule has 5 rings (SSSR count). The third-order valence-electron chi connectivity index (χ3n) is 6.75. The van der Waals surface area contributed by atoms with Gasteiger partial charge in [0.15, 0.2) is 11.4 Å². The van der Waals surface area contributed by atoms with Gasteiger partial charge in [-0.1, -0.05) is 53.7 Å². The van der Waals surface area contributed by atoms with Gasteiger partial charge in [0, 0.05) is 19.9 Å². The minimum Gasteiger partial charge on any atom is -0.508 e. The first-order chi connectivity index (χ1) is 19.7. The number of hydrogen-bond donors (Lipinski definition) is 2. The number of esters is 1. The van der Waals surface area contributed by atoms with Crippen LogP contribution in [-0.4, -0.2) is 74.0 Å². The molecular weight excluding hydrogens is 550 g/mol. The van der Waals surface area contributed by atoms with Crippen LogP contribution in [0.15, 0.2) is 71.3 Å². The molecule has 2 aliphatic heterocycles. The fourth-order valence-electron chi connectivity index (χ4n) is 4.67. The zero-order valence-corrected chi connectivity index (χ0v) is 23.5. The van der Waals surface area contributed by atoms with E-state index in [-0.39, 0.29) is 36.8 Å². The van der Waals surface area contributed by atoms with Crippen LogP contribution in [0.1, 0.15) is 16.7 Å². The van der Waals surface area contributed by atoms with Gasteiger partial charge in [-0.2, -0.15) is 0 Å². The molecule has 0 bridgehead atoms. The molecule has 1 aromatic heterocycles. The second-order valence-electron chi connectivity index (χ2n) is 9.70. The van der Waals surface area contributed by atoms with Crippen LogP contribution in [0.3, 0.4) is 0 Å². The molecule has 0 aliphatic carbocycles. The van der Waals surface area contributed by atoms with Gasteiger partial charge in [0.2, 0.25) is 5.91 Å². The van der Waals surface area contributed by atoms with Crippen molar-refractivity contribution < 1.29 is 33.7 Å². The number of ether oxygens (including phenoxy) is 3. The van der Waals surface area contributed by atoms with Gasteiger partial charge in [-0.3, -0.25) is 14.5 Å². The predicted molar refractivity (Wildman–Crippen MR) is 146 cm³/mol. The van der Waals surface area contributed by atoms with E-state index in [0.717, 1.165) is 11.1 Å². The van der Waals surface area contributed by atoms with E-state index < -0.39 is 29.7 Å². The Bertz CT molecular complexity index is 1510. The molecular formula is C28H29N5O7S. The summed E-state index contributed by atoms with van der Waals surface area (Å²) >= 11 is 1.33. The zero-order valence-electron chi connectivity index (χ0n) is 22.7. The summed E-state index contributed by atoms with van der Waals surface area (Å²) in [6, 6.07) is 13.7. The molecule has 2 atom stereocenters. The fourth-order valence-corrected chi connectivity index (χ4v) is 5.55. The van der Waals surface area contributed by atoms with Crippen LogP contribution in [0.25, 0.3) is 0 Å². The maximum Gasteiger partial charge on any atom is 0.355 e. The van der Waals surface area contributed by atoms with Gasteiger partial charge < -0.3 is 29.2 Å². The molecule has 0 radical (unpaired) electrons. The number of phenols is 1. The minimum atomic E-state index is -1.82. The summed E-state index contributed by atoms with van der Waals surface area (Å²) in [5.74, 6) is -1.49. The SMILES string of the molecule is CO[C@@]1(NC(=O)Cc2ccc(O)cc2)C(=O)N2C(C(=O)OCc3cccc(C)c3)=C(CSc3nncn3C)CO[C@@H]21. The van der Waals surface area contributed by atoms with E-state index in [1.165, 1.54) is 35.9 Å². The highest BCUT2D eigenvalue weighted by Gasteiger charge is 2.67. The first-order valence-electron chi connectivity index (χ1n) is 12.7. The van der Waals surface area contributed by atoms with E-state index in [0.29, 0.717) is 16.3 Å². The lowest BCUT2D eigenvalue weighted by Gasteiger charge is -2.55. The number of fused-ring (bicyclic) bond motifs is 1. The van der Waals surface area contributed by atoms with Crippen LogP contribution in [0, 0.1) is 6.92 Å². The van der Waals surface area contributed by atoms with Gasteiger partial charge in [-0.15, -0.1) is 10.2 Å². The monoisotopic (exact) mass is 579 g/mol. The number of thioether (sulfide) groups is 1. The summed E-state index contributed by atoms with van der Waals surface area (Å²) in [5.41, 5.74) is 1.21. The predicted octanol–water partition coefficient (Wildman–Crippen LogP) is 1.82. The Labute approximate surface area is 240 Å². The average Bonchev–Trinajstić information content (AvgIpc) is 3.38. The number of methoxy groups -OCH3 is 1. The Morgan fingerprint density at radius 3 is 2.68 bits per heavy atom. The normalized spacial score (nSPS) is 19.9. The number of amides is 2. The van der Waals surface area contributed by atoms with Crippen molar-refractivity contribution in [1.82, 2.24) is 25.0 Å². The number of nitrogens with one attached hydrogen (secondary N) is 1. The Morgan fingerprint density at radius 2 is 2.00 bits per heavy atom. The summed E-state index contributed by atoms with van der Waals surface area (Å²) in [4.78, 5) is 41.2. The molecule has 3 aromatic rings. The second kappa shape index (κ2) is 11.7. The Balaban J connectivity index is 1.37. The number of β-lactam (4-membered cyclic amide) rings is 1. The number of carbonyl (C=O) groups excluding carboxylic acids is 3. The fraction of sp³-hybridized carbons (Fsp3) is 0.321. The van der Waals surface area contributed by atoms with Crippen LogP contribution < -0.4 is 5.32 Å². The van der Waals surface area contributed by atoms with Gasteiger partial charge >= 0.3 is 5.97 Å². The molecule has 0 saturated carbocycles. The van der Waals surface area contributed by atoms with Gasteiger partial charge in [0.05, 0.1) is 13.0 Å². The molecule has 2 aliphatic rings. The van der Waals surface area contributed by atoms with Crippen molar-refractivity contribution in [3.05, 3.63) is 82.8 Å². The van der Waals surface area contributed by atoms with Crippen LogP contribution in [0.4, 0.5) is 0 Å². The smallest absolute Gasteiger partial charge is 0.355 e. The molecule has 2 N–H and O–H groups in total. The number of aryl methyl sites for hydroxylation is 2. The lowest BCUT2D eigenvalue weighted by atomic mass is 9.94. The van der Waals surface area contributed by atoms with Gasteiger partial charge in [0.1, 0.15) is 24.4 Å². The summed E-state index contributed by atoms with van der Waals surface area (Å²) in [7, 11) is 3.09. The van der Waals surface area contributed by atoms with E-state index in [2.05, 4.69) is 15.5 Å². The molecule has 12 nitrogen and oxygen atoms in total. The van der Waals surface area contributed by atoms with Crippen molar-refractivity contribution in [3.8, 4) is 5.75 Å². The Hall–Kier alpha value is -4.20. The molecule has 1 saturated heterocycles. The lowest BCUT2D eigenvalue weighted by molar-refractivity contribution is -0.258. The maximum absolute atomic E-state index is 13.6. The van der Waals surface area contributed by atoms with Crippen molar-refractivity contribution in [2.75, 3.05) is 19.5 Å². The first-order valence-corrected chi connectivity index (χ1v) is 13.7. The highest BCUT2D eigenvalue weighted by atomic mass is 32.2. The lowest BCUT2D eigenvalue weighted by Crippen LogP contribution is -2.82. The average molecular weight is 580 g/mol. The van der Waals surface area contributed by atoms with Gasteiger partial charge in [-0.05, 0) is 35.8 Å². The molecule has 13 heteroatoms. The number of carbonyl (C=O) groups is 3. The molecule has 2 amide bonds. The van der Waals surface area contributed by atoms with Gasteiger partial charge in [-0.25, -0.2) is 4.79 Å². The molecule has 1 fully saturated rings. The van der Waals surface area contributed by atoms with Crippen LogP contribution >= 0.6 is 11.8 Å². The van der Waals surface area contributed by atoms with E-state index in [1.54, 1.807) is 30.1 Å². The largest absolute Gasteiger partial charge is 0.508 e. The Morgan fingerprint density at radius 1 is 1.22 bits per heavy atom. The van der Waals surface area contributed by atoms with Crippen molar-refractivity contribution in [2.24, 2.45) is 7.05 Å². The molecule has 3 heterocycles. The second-order valence-corrected chi connectivity index (χ2v) is 10.6. The highest BCUT2D eigenvalue weighted by Crippen LogP contribution is 2.41. The number of aromatic hydroxyl groups is 1. The van der Waals surface area contributed by atoms with E-state index in [1.807, 2.05) is 31.2 Å². The van der Waals surface area contributed by atoms with E-state index in [4.69, 9.17) is 14.2 Å². The summed E-state index contributed by atoms with van der Waals surface area (Å²) in [6.45, 7) is 1.95. The number of aromatic nitrogens is 3. The molecule has 214 valence electrons. The first kappa shape index (κ1) is 28.3. The topological polar surface area (TPSA) is 145 Å². The van der Waals surface area contributed by atoms with Crippen molar-refractivity contribution in [1.29, 1.82) is 0 Å². The van der Waals surface area contributed by atoms with Crippen LogP contribution in [0.2, 0.25) is 0 Å². The molecule has 41 heavy (non-hydrogen) atoms. The number of hydrogen-bond acceptors (Lipinski definition) is 10.